The van der Waals surface area contributed by atoms with Gasteiger partial charge in [-0.1, -0.05) is 11.6 Å². The Bertz CT molecular complexity index is 572. The van der Waals surface area contributed by atoms with Gasteiger partial charge in [-0.2, -0.15) is 0 Å². The first kappa shape index (κ1) is 14.0. The van der Waals surface area contributed by atoms with Crippen LogP contribution in [-0.2, 0) is 6.54 Å². The van der Waals surface area contributed by atoms with E-state index in [1.165, 1.54) is 0 Å². The first-order valence-electron chi connectivity index (χ1n) is 6.19. The van der Waals surface area contributed by atoms with E-state index in [9.17, 15) is 0 Å². The van der Waals surface area contributed by atoms with Crippen molar-refractivity contribution in [3.8, 4) is 11.5 Å². The van der Waals surface area contributed by atoms with Gasteiger partial charge in [0.2, 0.25) is 11.8 Å². The van der Waals surface area contributed by atoms with Crippen molar-refractivity contribution in [2.45, 2.75) is 39.8 Å². The molecule has 1 aromatic heterocycles. The van der Waals surface area contributed by atoms with E-state index >= 15 is 0 Å². The van der Waals surface area contributed by atoms with Gasteiger partial charge in [-0.3, -0.25) is 0 Å². The molecule has 1 aromatic carbocycles. The summed E-state index contributed by atoms with van der Waals surface area (Å²) < 4.78 is 5.66. The highest BCUT2D eigenvalue weighted by Crippen LogP contribution is 2.24. The molecule has 2 aromatic rings. The molecule has 0 fully saturated rings. The van der Waals surface area contributed by atoms with Crippen molar-refractivity contribution in [2.75, 3.05) is 0 Å². The number of hydrogen-bond donors (Lipinski definition) is 1. The van der Waals surface area contributed by atoms with Gasteiger partial charge >= 0.3 is 0 Å². The molecular weight excluding hydrogens is 262 g/mol. The van der Waals surface area contributed by atoms with Gasteiger partial charge in [0, 0.05) is 16.1 Å². The first-order valence-corrected chi connectivity index (χ1v) is 6.57. The normalized spacial score (nSPS) is 11.8. The van der Waals surface area contributed by atoms with Gasteiger partial charge in [0.05, 0.1) is 6.54 Å². The lowest BCUT2D eigenvalue weighted by atomic mass is 10.1. The van der Waals surface area contributed by atoms with Crippen molar-refractivity contribution in [2.24, 2.45) is 0 Å². The molecule has 0 saturated carbocycles. The molecule has 2 rings (SSSR count). The second kappa shape index (κ2) is 5.31. The van der Waals surface area contributed by atoms with Crippen LogP contribution in [0, 0.1) is 6.92 Å². The molecule has 0 radical (unpaired) electrons. The van der Waals surface area contributed by atoms with Crippen LogP contribution in [-0.4, -0.2) is 15.7 Å². The van der Waals surface area contributed by atoms with Crippen molar-refractivity contribution in [3.63, 3.8) is 0 Å². The maximum atomic E-state index is 5.93. The topological polar surface area (TPSA) is 51.0 Å². The highest BCUT2D eigenvalue weighted by molar-refractivity contribution is 6.30. The number of nitrogens with zero attached hydrogens (tertiary/aromatic N) is 2. The van der Waals surface area contributed by atoms with Gasteiger partial charge in [-0.15, -0.1) is 10.2 Å². The van der Waals surface area contributed by atoms with Crippen LogP contribution < -0.4 is 5.32 Å². The third kappa shape index (κ3) is 3.78. The molecule has 0 unspecified atom stereocenters. The average molecular weight is 280 g/mol. The summed E-state index contributed by atoms with van der Waals surface area (Å²) in [5, 5.41) is 12.1. The lowest BCUT2D eigenvalue weighted by Crippen LogP contribution is -2.35. The Hall–Kier alpha value is -1.39. The zero-order valence-electron chi connectivity index (χ0n) is 11.6. The summed E-state index contributed by atoms with van der Waals surface area (Å²) in [5.74, 6) is 1.11. The molecule has 0 aliphatic carbocycles. The monoisotopic (exact) mass is 279 g/mol. The van der Waals surface area contributed by atoms with Crippen LogP contribution >= 0.6 is 11.6 Å². The Balaban J connectivity index is 2.16. The fraction of sp³-hybridized carbons (Fsp3) is 0.429. The van der Waals surface area contributed by atoms with Gasteiger partial charge in [0.15, 0.2) is 0 Å². The molecule has 0 bridgehead atoms. The largest absolute Gasteiger partial charge is 0.419 e. The molecule has 0 saturated heterocycles. The summed E-state index contributed by atoms with van der Waals surface area (Å²) in [5.41, 5.74) is 1.95. The van der Waals surface area contributed by atoms with Gasteiger partial charge in [0.25, 0.3) is 0 Å². The molecule has 102 valence electrons. The zero-order valence-corrected chi connectivity index (χ0v) is 12.4. The lowest BCUT2D eigenvalue weighted by molar-refractivity contribution is 0.383. The van der Waals surface area contributed by atoms with E-state index in [-0.39, 0.29) is 5.54 Å². The highest BCUT2D eigenvalue weighted by atomic mass is 35.5. The lowest BCUT2D eigenvalue weighted by Gasteiger charge is -2.18. The minimum absolute atomic E-state index is 0.0187. The fourth-order valence-electron chi connectivity index (χ4n) is 1.64. The van der Waals surface area contributed by atoms with Gasteiger partial charge in [-0.25, -0.2) is 0 Å². The number of aryl methyl sites for hydroxylation is 1. The van der Waals surface area contributed by atoms with E-state index in [0.717, 1.165) is 11.1 Å². The summed E-state index contributed by atoms with van der Waals surface area (Å²) in [6.07, 6.45) is 0. The standard InChI is InChI=1S/C14H18ClN3O/c1-9-7-10(15)5-6-11(9)13-18-17-12(19-13)8-16-14(2,3)4/h5-7,16H,8H2,1-4H3. The smallest absolute Gasteiger partial charge is 0.248 e. The second-order valence-corrected chi connectivity index (χ2v) is 6.00. The van der Waals surface area contributed by atoms with Crippen molar-refractivity contribution in [1.29, 1.82) is 0 Å². The zero-order chi connectivity index (χ0) is 14.0. The molecule has 19 heavy (non-hydrogen) atoms. The first-order chi connectivity index (χ1) is 8.85. The second-order valence-electron chi connectivity index (χ2n) is 5.56. The average Bonchev–Trinajstić information content (AvgIpc) is 2.74. The van der Waals surface area contributed by atoms with Crippen molar-refractivity contribution in [3.05, 3.63) is 34.7 Å². The number of rotatable bonds is 3. The predicted molar refractivity (Wildman–Crippen MR) is 76.1 cm³/mol. The van der Waals surface area contributed by atoms with E-state index in [1.54, 1.807) is 0 Å². The number of halogens is 1. The molecule has 0 atom stereocenters. The Labute approximate surface area is 118 Å². The van der Waals surface area contributed by atoms with Crippen LogP contribution in [0.3, 0.4) is 0 Å². The van der Waals surface area contributed by atoms with Crippen molar-refractivity contribution in [1.82, 2.24) is 15.5 Å². The van der Waals surface area contributed by atoms with E-state index in [0.29, 0.717) is 23.3 Å². The summed E-state index contributed by atoms with van der Waals surface area (Å²) in [6.45, 7) is 8.80. The Morgan fingerprint density at radius 1 is 1.26 bits per heavy atom. The summed E-state index contributed by atoms with van der Waals surface area (Å²) in [6, 6.07) is 5.60. The third-order valence-corrected chi connectivity index (χ3v) is 2.89. The van der Waals surface area contributed by atoms with E-state index in [2.05, 4.69) is 36.3 Å². The summed E-state index contributed by atoms with van der Waals surface area (Å²) in [7, 11) is 0. The SMILES string of the molecule is Cc1cc(Cl)ccc1-c1nnc(CNC(C)(C)C)o1. The molecule has 5 heteroatoms. The molecule has 4 nitrogen and oxygen atoms in total. The number of hydrogen-bond acceptors (Lipinski definition) is 4. The highest BCUT2D eigenvalue weighted by Gasteiger charge is 2.14. The van der Waals surface area contributed by atoms with Gasteiger partial charge < -0.3 is 9.73 Å². The fourth-order valence-corrected chi connectivity index (χ4v) is 1.87. The predicted octanol–water partition coefficient (Wildman–Crippen LogP) is 3.59. The maximum Gasteiger partial charge on any atom is 0.248 e. The quantitative estimate of drug-likeness (QED) is 0.933. The number of aromatic nitrogens is 2. The van der Waals surface area contributed by atoms with Crippen LogP contribution in [0.15, 0.2) is 22.6 Å². The third-order valence-electron chi connectivity index (χ3n) is 2.66. The Morgan fingerprint density at radius 3 is 2.63 bits per heavy atom. The number of nitrogens with one attached hydrogen (secondary N) is 1. The molecule has 1 N–H and O–H groups in total. The van der Waals surface area contributed by atoms with Gasteiger partial charge in [0.1, 0.15) is 0 Å². The van der Waals surface area contributed by atoms with Crippen LogP contribution in [0.25, 0.3) is 11.5 Å². The maximum absolute atomic E-state index is 5.93. The molecular formula is C14H18ClN3O. The van der Waals surface area contributed by atoms with Gasteiger partial charge in [-0.05, 0) is 51.5 Å². The van der Waals surface area contributed by atoms with Crippen molar-refractivity contribution < 1.29 is 4.42 Å². The molecule has 0 aliphatic rings. The van der Waals surface area contributed by atoms with Crippen LogP contribution in [0.5, 0.6) is 0 Å². The molecule has 0 amide bonds. The van der Waals surface area contributed by atoms with Crippen LogP contribution in [0.1, 0.15) is 32.2 Å². The van der Waals surface area contributed by atoms with E-state index in [4.69, 9.17) is 16.0 Å². The Morgan fingerprint density at radius 2 is 2.00 bits per heavy atom. The minimum Gasteiger partial charge on any atom is -0.419 e. The molecule has 0 spiro atoms. The van der Waals surface area contributed by atoms with E-state index in [1.807, 2.05) is 25.1 Å². The van der Waals surface area contributed by atoms with E-state index < -0.39 is 0 Å². The Kier molecular flexibility index (Phi) is 3.92. The molecule has 1 heterocycles. The summed E-state index contributed by atoms with van der Waals surface area (Å²) in [4.78, 5) is 0. The van der Waals surface area contributed by atoms with Crippen molar-refractivity contribution >= 4 is 11.6 Å². The minimum atomic E-state index is 0.0187. The number of benzene rings is 1. The molecule has 0 aliphatic heterocycles. The van der Waals surface area contributed by atoms with Crippen LogP contribution in [0.4, 0.5) is 0 Å². The van der Waals surface area contributed by atoms with Crippen LogP contribution in [0.2, 0.25) is 5.02 Å². The summed E-state index contributed by atoms with van der Waals surface area (Å²) >= 11 is 5.93.